The van der Waals surface area contributed by atoms with Crippen molar-refractivity contribution in [3.05, 3.63) is 0 Å². The second-order valence-electron chi connectivity index (χ2n) is 3.83. The Morgan fingerprint density at radius 1 is 1.38 bits per heavy atom. The first-order chi connectivity index (χ1) is 6.33. The molecule has 76 valence electrons. The molecule has 0 aromatic rings. The van der Waals surface area contributed by atoms with Crippen LogP contribution in [-0.2, 0) is 9.53 Å². The summed E-state index contributed by atoms with van der Waals surface area (Å²) in [6.07, 6.45) is 7.67. The van der Waals surface area contributed by atoms with Gasteiger partial charge in [0.05, 0.1) is 12.7 Å². The molecule has 0 saturated carbocycles. The smallest absolute Gasteiger partial charge is 0.137 e. The van der Waals surface area contributed by atoms with Crippen molar-refractivity contribution in [2.45, 2.75) is 58.0 Å². The molecule has 1 unspecified atom stereocenters. The predicted molar refractivity (Wildman–Crippen MR) is 52.7 cm³/mol. The van der Waals surface area contributed by atoms with E-state index >= 15 is 0 Å². The van der Waals surface area contributed by atoms with E-state index in [1.165, 1.54) is 25.7 Å². The van der Waals surface area contributed by atoms with Gasteiger partial charge >= 0.3 is 0 Å². The highest BCUT2D eigenvalue weighted by Crippen LogP contribution is 2.16. The van der Waals surface area contributed by atoms with Crippen LogP contribution >= 0.6 is 0 Å². The van der Waals surface area contributed by atoms with Crippen molar-refractivity contribution in [3.63, 3.8) is 0 Å². The van der Waals surface area contributed by atoms with Crippen molar-refractivity contribution in [2.75, 3.05) is 6.61 Å². The maximum absolute atomic E-state index is 11.1. The molecule has 1 aliphatic heterocycles. The van der Waals surface area contributed by atoms with Crippen molar-refractivity contribution in [2.24, 2.45) is 0 Å². The largest absolute Gasteiger partial charge is 0.377 e. The maximum Gasteiger partial charge on any atom is 0.137 e. The third kappa shape index (κ3) is 4.41. The number of rotatable bonds is 5. The first kappa shape index (κ1) is 10.7. The highest BCUT2D eigenvalue weighted by molar-refractivity contribution is 5.79. The Hall–Kier alpha value is -0.370. The molecule has 0 N–H and O–H groups in total. The molecular weight excluding hydrogens is 164 g/mol. The Kier molecular flexibility index (Phi) is 5.06. The number of Topliss-reactive ketones (excluding diaryl/α,β-unsaturated/α-hetero) is 1. The molecular formula is C11H20O2. The van der Waals surface area contributed by atoms with Crippen molar-refractivity contribution in [1.82, 2.24) is 0 Å². The minimum absolute atomic E-state index is 0.234. The van der Waals surface area contributed by atoms with E-state index < -0.39 is 0 Å². The van der Waals surface area contributed by atoms with Gasteiger partial charge in [-0.05, 0) is 6.42 Å². The van der Waals surface area contributed by atoms with Crippen LogP contribution in [0.25, 0.3) is 0 Å². The highest BCUT2D eigenvalue weighted by Gasteiger charge is 2.18. The predicted octanol–water partition coefficient (Wildman–Crippen LogP) is 2.70. The Balaban J connectivity index is 2.03. The van der Waals surface area contributed by atoms with E-state index in [-0.39, 0.29) is 6.10 Å². The van der Waals surface area contributed by atoms with Crippen LogP contribution < -0.4 is 0 Å². The summed E-state index contributed by atoms with van der Waals surface area (Å²) in [7, 11) is 0. The van der Waals surface area contributed by atoms with Gasteiger partial charge in [-0.3, -0.25) is 4.79 Å². The lowest BCUT2D eigenvalue weighted by Crippen LogP contribution is -2.25. The van der Waals surface area contributed by atoms with Gasteiger partial charge in [-0.15, -0.1) is 0 Å². The molecule has 0 spiro atoms. The van der Waals surface area contributed by atoms with Crippen LogP contribution in [0.5, 0.6) is 0 Å². The van der Waals surface area contributed by atoms with Crippen molar-refractivity contribution >= 4 is 5.78 Å². The molecule has 0 amide bonds. The van der Waals surface area contributed by atoms with Crippen LogP contribution in [0.2, 0.25) is 0 Å². The van der Waals surface area contributed by atoms with Gasteiger partial charge in [0.15, 0.2) is 0 Å². The zero-order chi connectivity index (χ0) is 9.52. The van der Waals surface area contributed by atoms with Gasteiger partial charge in [0.25, 0.3) is 0 Å². The van der Waals surface area contributed by atoms with Crippen LogP contribution in [0, 0.1) is 0 Å². The van der Waals surface area contributed by atoms with E-state index in [0.717, 1.165) is 6.42 Å². The zero-order valence-electron chi connectivity index (χ0n) is 8.55. The topological polar surface area (TPSA) is 26.3 Å². The average Bonchev–Trinajstić information content (AvgIpc) is 2.13. The van der Waals surface area contributed by atoms with Crippen LogP contribution in [0.1, 0.15) is 51.9 Å². The van der Waals surface area contributed by atoms with Crippen LogP contribution in [0.15, 0.2) is 0 Å². The molecule has 1 saturated heterocycles. The summed E-state index contributed by atoms with van der Waals surface area (Å²) >= 11 is 0. The molecule has 2 nitrogen and oxygen atoms in total. The standard InChI is InChI=1S/C11H20O2/c1-2-3-4-5-6-11-9-10(12)7-8-13-11/h11H,2-9H2,1H3. The van der Waals surface area contributed by atoms with Gasteiger partial charge in [0.2, 0.25) is 0 Å². The summed E-state index contributed by atoms with van der Waals surface area (Å²) in [5.41, 5.74) is 0. The quantitative estimate of drug-likeness (QED) is 0.614. The molecule has 1 heterocycles. The van der Waals surface area contributed by atoms with Gasteiger partial charge in [0, 0.05) is 12.8 Å². The van der Waals surface area contributed by atoms with Gasteiger partial charge in [-0.2, -0.15) is 0 Å². The summed E-state index contributed by atoms with van der Waals surface area (Å²) in [5.74, 6) is 0.381. The van der Waals surface area contributed by atoms with E-state index in [1.54, 1.807) is 0 Å². The van der Waals surface area contributed by atoms with E-state index in [1.807, 2.05) is 0 Å². The molecule has 0 aromatic heterocycles. The molecule has 2 heteroatoms. The second kappa shape index (κ2) is 6.14. The second-order valence-corrected chi connectivity index (χ2v) is 3.83. The Labute approximate surface area is 80.7 Å². The third-order valence-corrected chi connectivity index (χ3v) is 2.57. The molecule has 1 aliphatic rings. The summed E-state index contributed by atoms with van der Waals surface area (Å²) in [6, 6.07) is 0. The van der Waals surface area contributed by atoms with Gasteiger partial charge in [0.1, 0.15) is 5.78 Å². The summed E-state index contributed by atoms with van der Waals surface area (Å²) in [4.78, 5) is 11.1. The third-order valence-electron chi connectivity index (χ3n) is 2.57. The molecule has 0 bridgehead atoms. The number of unbranched alkanes of at least 4 members (excludes halogenated alkanes) is 3. The maximum atomic E-state index is 11.1. The molecule has 0 aromatic carbocycles. The summed E-state index contributed by atoms with van der Waals surface area (Å²) < 4.78 is 5.51. The average molecular weight is 184 g/mol. The van der Waals surface area contributed by atoms with Crippen molar-refractivity contribution in [3.8, 4) is 0 Å². The number of ether oxygens (including phenoxy) is 1. The number of hydrogen-bond acceptors (Lipinski definition) is 2. The van der Waals surface area contributed by atoms with Crippen molar-refractivity contribution in [1.29, 1.82) is 0 Å². The van der Waals surface area contributed by atoms with E-state index in [0.29, 0.717) is 25.2 Å². The Morgan fingerprint density at radius 3 is 2.92 bits per heavy atom. The minimum atomic E-state index is 0.234. The fraction of sp³-hybridized carbons (Fsp3) is 0.909. The fourth-order valence-corrected chi connectivity index (χ4v) is 1.74. The van der Waals surface area contributed by atoms with Crippen LogP contribution in [-0.4, -0.2) is 18.5 Å². The number of carbonyl (C=O) groups is 1. The SMILES string of the molecule is CCCCCCC1CC(=O)CCO1. The van der Waals surface area contributed by atoms with Crippen LogP contribution in [0.4, 0.5) is 0 Å². The van der Waals surface area contributed by atoms with Gasteiger partial charge in [-0.25, -0.2) is 0 Å². The fourth-order valence-electron chi connectivity index (χ4n) is 1.74. The molecule has 0 aliphatic carbocycles. The molecule has 1 rings (SSSR count). The van der Waals surface area contributed by atoms with Crippen LogP contribution in [0.3, 0.4) is 0 Å². The number of carbonyl (C=O) groups excluding carboxylic acids is 1. The van der Waals surface area contributed by atoms with E-state index in [4.69, 9.17) is 4.74 Å². The van der Waals surface area contributed by atoms with E-state index in [2.05, 4.69) is 6.92 Å². The zero-order valence-corrected chi connectivity index (χ0v) is 8.55. The molecule has 1 atom stereocenters. The highest BCUT2D eigenvalue weighted by atomic mass is 16.5. The minimum Gasteiger partial charge on any atom is -0.377 e. The molecule has 13 heavy (non-hydrogen) atoms. The lowest BCUT2D eigenvalue weighted by atomic mass is 10.0. The lowest BCUT2D eigenvalue weighted by Gasteiger charge is -2.21. The Bertz CT molecular complexity index is 154. The lowest BCUT2D eigenvalue weighted by molar-refractivity contribution is -0.128. The molecule has 1 fully saturated rings. The normalized spacial score (nSPS) is 23.5. The number of hydrogen-bond donors (Lipinski definition) is 0. The Morgan fingerprint density at radius 2 is 2.23 bits per heavy atom. The van der Waals surface area contributed by atoms with E-state index in [9.17, 15) is 4.79 Å². The summed E-state index contributed by atoms with van der Waals surface area (Å²) in [6.45, 7) is 2.86. The van der Waals surface area contributed by atoms with Crippen molar-refractivity contribution < 1.29 is 9.53 Å². The number of ketones is 1. The van der Waals surface area contributed by atoms with Gasteiger partial charge < -0.3 is 4.74 Å². The first-order valence-corrected chi connectivity index (χ1v) is 5.46. The summed E-state index contributed by atoms with van der Waals surface area (Å²) in [5, 5.41) is 0. The monoisotopic (exact) mass is 184 g/mol. The first-order valence-electron chi connectivity index (χ1n) is 5.46. The molecule has 0 radical (unpaired) electrons. The van der Waals surface area contributed by atoms with Gasteiger partial charge in [-0.1, -0.05) is 32.6 Å².